The molecule has 1 aromatic carbocycles. The number of anilines is 1. The summed E-state index contributed by atoms with van der Waals surface area (Å²) in [5, 5.41) is 13.0. The summed E-state index contributed by atoms with van der Waals surface area (Å²) in [5.74, 6) is -0.809. The molecule has 2 rings (SSSR count). The molecule has 1 saturated heterocycles. The third kappa shape index (κ3) is 2.37. The van der Waals surface area contributed by atoms with Crippen LogP contribution in [0.5, 0.6) is 0 Å². The van der Waals surface area contributed by atoms with E-state index in [1.807, 2.05) is 30.0 Å². The molecule has 1 fully saturated rings. The summed E-state index contributed by atoms with van der Waals surface area (Å²) in [6, 6.07) is 5.06. The van der Waals surface area contributed by atoms with Gasteiger partial charge >= 0.3 is 5.97 Å². The number of hydrogen-bond donors (Lipinski definition) is 2. The Morgan fingerprint density at radius 2 is 2.35 bits per heavy atom. The molecule has 0 amide bonds. The molecule has 0 aromatic heterocycles. The van der Waals surface area contributed by atoms with Crippen LogP contribution in [-0.4, -0.2) is 36.8 Å². The van der Waals surface area contributed by atoms with E-state index < -0.39 is 12.0 Å². The SMILES string of the molecule is Cc1c(Cl)cccc1N1CCNCC1C(=O)O. The molecule has 1 heterocycles. The zero-order valence-corrected chi connectivity index (χ0v) is 10.4. The maximum absolute atomic E-state index is 11.2. The van der Waals surface area contributed by atoms with Crippen molar-refractivity contribution in [1.29, 1.82) is 0 Å². The molecule has 2 N–H and O–H groups in total. The number of carboxylic acid groups (broad SMARTS) is 1. The molecule has 1 atom stereocenters. The molecule has 1 aliphatic rings. The van der Waals surface area contributed by atoms with E-state index in [-0.39, 0.29) is 0 Å². The van der Waals surface area contributed by atoms with E-state index in [0.717, 1.165) is 17.8 Å². The molecule has 0 bridgehead atoms. The van der Waals surface area contributed by atoms with Crippen molar-refractivity contribution in [3.05, 3.63) is 28.8 Å². The summed E-state index contributed by atoms with van der Waals surface area (Å²) in [7, 11) is 0. The molecular weight excluding hydrogens is 240 g/mol. The molecule has 0 radical (unpaired) electrons. The number of nitrogens with zero attached hydrogens (tertiary/aromatic N) is 1. The van der Waals surface area contributed by atoms with Crippen LogP contribution in [0.4, 0.5) is 5.69 Å². The first-order valence-corrected chi connectivity index (χ1v) is 5.94. The fourth-order valence-electron chi connectivity index (χ4n) is 2.12. The van der Waals surface area contributed by atoms with Gasteiger partial charge in [0, 0.05) is 30.3 Å². The van der Waals surface area contributed by atoms with Crippen molar-refractivity contribution in [2.24, 2.45) is 0 Å². The maximum Gasteiger partial charge on any atom is 0.327 e. The van der Waals surface area contributed by atoms with Gasteiger partial charge in [-0.25, -0.2) is 4.79 Å². The van der Waals surface area contributed by atoms with E-state index in [1.54, 1.807) is 0 Å². The smallest absolute Gasteiger partial charge is 0.327 e. The van der Waals surface area contributed by atoms with Gasteiger partial charge in [-0.05, 0) is 24.6 Å². The second-order valence-electron chi connectivity index (χ2n) is 4.14. The minimum absolute atomic E-state index is 0.460. The van der Waals surface area contributed by atoms with E-state index in [1.165, 1.54) is 0 Å². The molecule has 0 spiro atoms. The van der Waals surface area contributed by atoms with Gasteiger partial charge in [0.2, 0.25) is 0 Å². The lowest BCUT2D eigenvalue weighted by Gasteiger charge is -2.36. The first-order chi connectivity index (χ1) is 8.11. The van der Waals surface area contributed by atoms with Crippen molar-refractivity contribution in [2.45, 2.75) is 13.0 Å². The average molecular weight is 255 g/mol. The highest BCUT2D eigenvalue weighted by Gasteiger charge is 2.29. The minimum atomic E-state index is -0.809. The topological polar surface area (TPSA) is 52.6 Å². The standard InChI is InChI=1S/C12H15ClN2O2/c1-8-9(13)3-2-4-10(8)15-6-5-14-7-11(15)12(16)17/h2-4,11,14H,5-7H2,1H3,(H,16,17). The minimum Gasteiger partial charge on any atom is -0.480 e. The number of rotatable bonds is 2. The lowest BCUT2D eigenvalue weighted by atomic mass is 10.1. The van der Waals surface area contributed by atoms with Gasteiger partial charge in [0.25, 0.3) is 0 Å². The summed E-state index contributed by atoms with van der Waals surface area (Å²) >= 11 is 6.07. The number of nitrogens with one attached hydrogen (secondary N) is 1. The van der Waals surface area contributed by atoms with Gasteiger partial charge in [-0.1, -0.05) is 17.7 Å². The van der Waals surface area contributed by atoms with Gasteiger partial charge < -0.3 is 15.3 Å². The normalized spacial score (nSPS) is 20.4. The zero-order valence-electron chi connectivity index (χ0n) is 9.61. The van der Waals surface area contributed by atoms with Crippen LogP contribution in [0.1, 0.15) is 5.56 Å². The number of benzene rings is 1. The summed E-state index contributed by atoms with van der Waals surface area (Å²) in [6.45, 7) is 3.84. The molecule has 4 nitrogen and oxygen atoms in total. The highest BCUT2D eigenvalue weighted by Crippen LogP contribution is 2.28. The van der Waals surface area contributed by atoms with Gasteiger partial charge in [-0.3, -0.25) is 0 Å². The van der Waals surface area contributed by atoms with Crippen molar-refractivity contribution in [3.8, 4) is 0 Å². The van der Waals surface area contributed by atoms with Gasteiger partial charge in [-0.15, -0.1) is 0 Å². The molecule has 1 aliphatic heterocycles. The summed E-state index contributed by atoms with van der Waals surface area (Å²) in [5.41, 5.74) is 1.84. The van der Waals surface area contributed by atoms with Gasteiger partial charge in [0.1, 0.15) is 6.04 Å². The van der Waals surface area contributed by atoms with Crippen molar-refractivity contribution in [3.63, 3.8) is 0 Å². The summed E-state index contributed by atoms with van der Waals surface area (Å²) < 4.78 is 0. The molecule has 0 saturated carbocycles. The predicted octanol–water partition coefficient (Wildman–Crippen LogP) is 1.51. The molecule has 0 aliphatic carbocycles. The summed E-state index contributed by atoms with van der Waals surface area (Å²) in [6.07, 6.45) is 0. The first-order valence-electron chi connectivity index (χ1n) is 5.56. The van der Waals surface area contributed by atoms with Gasteiger partial charge in [0.15, 0.2) is 0 Å². The van der Waals surface area contributed by atoms with Gasteiger partial charge in [0.05, 0.1) is 0 Å². The lowest BCUT2D eigenvalue weighted by molar-refractivity contribution is -0.138. The van der Waals surface area contributed by atoms with Crippen molar-refractivity contribution >= 4 is 23.3 Å². The second kappa shape index (κ2) is 4.94. The number of halogens is 1. The van der Waals surface area contributed by atoms with Crippen molar-refractivity contribution in [2.75, 3.05) is 24.5 Å². The monoisotopic (exact) mass is 254 g/mol. The third-order valence-corrected chi connectivity index (χ3v) is 3.49. The van der Waals surface area contributed by atoms with Crippen LogP contribution in [0.2, 0.25) is 5.02 Å². The van der Waals surface area contributed by atoms with Crippen molar-refractivity contribution < 1.29 is 9.90 Å². The van der Waals surface area contributed by atoms with E-state index in [9.17, 15) is 9.90 Å². The Morgan fingerprint density at radius 3 is 3.06 bits per heavy atom. The number of piperazine rings is 1. The Hall–Kier alpha value is -1.26. The third-order valence-electron chi connectivity index (χ3n) is 3.08. The summed E-state index contributed by atoms with van der Waals surface area (Å²) in [4.78, 5) is 13.1. The number of aliphatic carboxylic acids is 1. The Labute approximate surface area is 105 Å². The number of hydrogen-bond acceptors (Lipinski definition) is 3. The van der Waals surface area contributed by atoms with Crippen LogP contribution in [0.3, 0.4) is 0 Å². The Balaban J connectivity index is 2.36. The molecule has 5 heteroatoms. The van der Waals surface area contributed by atoms with E-state index >= 15 is 0 Å². The van der Waals surface area contributed by atoms with Crippen molar-refractivity contribution in [1.82, 2.24) is 5.32 Å². The highest BCUT2D eigenvalue weighted by molar-refractivity contribution is 6.31. The Bertz CT molecular complexity index is 437. The van der Waals surface area contributed by atoms with Gasteiger partial charge in [-0.2, -0.15) is 0 Å². The van der Waals surface area contributed by atoms with Crippen LogP contribution >= 0.6 is 11.6 Å². The first kappa shape index (κ1) is 12.2. The fraction of sp³-hybridized carbons (Fsp3) is 0.417. The molecule has 1 aromatic rings. The average Bonchev–Trinajstić information content (AvgIpc) is 2.33. The van der Waals surface area contributed by atoms with E-state index in [4.69, 9.17) is 11.6 Å². The Kier molecular flexibility index (Phi) is 3.54. The Morgan fingerprint density at radius 1 is 1.59 bits per heavy atom. The highest BCUT2D eigenvalue weighted by atomic mass is 35.5. The maximum atomic E-state index is 11.2. The largest absolute Gasteiger partial charge is 0.480 e. The quantitative estimate of drug-likeness (QED) is 0.840. The zero-order chi connectivity index (χ0) is 12.4. The van der Waals surface area contributed by atoms with Crippen LogP contribution in [0, 0.1) is 6.92 Å². The van der Waals surface area contributed by atoms with Crippen LogP contribution in [0.25, 0.3) is 0 Å². The fourth-order valence-corrected chi connectivity index (χ4v) is 2.29. The molecule has 17 heavy (non-hydrogen) atoms. The number of carboxylic acids is 1. The van der Waals surface area contributed by atoms with Crippen LogP contribution in [0.15, 0.2) is 18.2 Å². The molecule has 1 unspecified atom stereocenters. The number of carbonyl (C=O) groups is 1. The lowest BCUT2D eigenvalue weighted by Crippen LogP contribution is -2.55. The molecule has 92 valence electrons. The van der Waals surface area contributed by atoms with E-state index in [0.29, 0.717) is 18.1 Å². The van der Waals surface area contributed by atoms with Crippen LogP contribution in [-0.2, 0) is 4.79 Å². The molecular formula is C12H15ClN2O2. The van der Waals surface area contributed by atoms with Crippen LogP contribution < -0.4 is 10.2 Å². The second-order valence-corrected chi connectivity index (χ2v) is 4.54. The predicted molar refractivity (Wildman–Crippen MR) is 67.8 cm³/mol. The van der Waals surface area contributed by atoms with E-state index in [2.05, 4.69) is 5.32 Å².